The highest BCUT2D eigenvalue weighted by molar-refractivity contribution is 7.93. The summed E-state index contributed by atoms with van der Waals surface area (Å²) in [6.07, 6.45) is 0. The van der Waals surface area contributed by atoms with Crippen LogP contribution in [0.5, 0.6) is 0 Å². The summed E-state index contributed by atoms with van der Waals surface area (Å²) in [5, 5.41) is 0. The molecule has 1 rings (SSSR count). The summed E-state index contributed by atoms with van der Waals surface area (Å²) in [6, 6.07) is 2.70. The van der Waals surface area contributed by atoms with Crippen LogP contribution in [0.2, 0.25) is 0 Å². The first-order chi connectivity index (χ1) is 8.22. The van der Waals surface area contributed by atoms with Gasteiger partial charge < -0.3 is 0 Å². The molecular weight excluding hydrogens is 284 g/mol. The maximum absolute atomic E-state index is 13.1. The average Bonchev–Trinajstić information content (AvgIpc) is 2.30. The first kappa shape index (κ1) is 15.0. The molecule has 0 heterocycles. The van der Waals surface area contributed by atoms with Crippen molar-refractivity contribution in [3.05, 3.63) is 24.0 Å². The lowest BCUT2D eigenvalue weighted by Gasteiger charge is -2.05. The van der Waals surface area contributed by atoms with Gasteiger partial charge in [-0.05, 0) is 18.2 Å². The fourth-order valence-corrected chi connectivity index (χ4v) is 2.99. The first-order valence-electron chi connectivity index (χ1n) is 5.18. The molecule has 0 saturated carbocycles. The van der Waals surface area contributed by atoms with E-state index in [9.17, 15) is 20.9 Å². The van der Waals surface area contributed by atoms with Gasteiger partial charge in [0.1, 0.15) is 10.7 Å². The predicted molar refractivity (Wildman–Crippen MR) is 66.0 cm³/mol. The highest BCUT2D eigenvalue weighted by Crippen LogP contribution is 2.24. The minimum atomic E-state index is -5.15. The SMILES string of the molecule is CCS(=O)(CC)=Nc1ccc(F)c(S(=O)(=O)F)c1. The van der Waals surface area contributed by atoms with Crippen LogP contribution in [-0.2, 0) is 20.0 Å². The zero-order valence-corrected chi connectivity index (χ0v) is 11.5. The van der Waals surface area contributed by atoms with Crippen LogP contribution in [0.3, 0.4) is 0 Å². The van der Waals surface area contributed by atoms with Crippen molar-refractivity contribution in [2.75, 3.05) is 11.5 Å². The molecule has 0 unspecified atom stereocenters. The molecule has 0 saturated heterocycles. The molecule has 0 radical (unpaired) electrons. The molecule has 0 amide bonds. The van der Waals surface area contributed by atoms with Crippen molar-refractivity contribution in [1.82, 2.24) is 0 Å². The zero-order chi connectivity index (χ0) is 14.0. The Hall–Kier alpha value is -1.02. The third kappa shape index (κ3) is 3.49. The Morgan fingerprint density at radius 2 is 1.72 bits per heavy atom. The molecule has 102 valence electrons. The van der Waals surface area contributed by atoms with Gasteiger partial charge in [0.2, 0.25) is 0 Å². The third-order valence-corrected chi connectivity index (χ3v) is 5.54. The summed E-state index contributed by atoms with van der Waals surface area (Å²) in [7, 11) is -7.66. The second kappa shape index (κ2) is 5.31. The molecule has 0 bridgehead atoms. The predicted octanol–water partition coefficient (Wildman–Crippen LogP) is 2.62. The minimum absolute atomic E-state index is 0.0127. The molecule has 0 atom stereocenters. The number of hydrogen-bond donors (Lipinski definition) is 0. The molecule has 0 N–H and O–H groups in total. The number of rotatable bonds is 4. The Morgan fingerprint density at radius 3 is 2.17 bits per heavy atom. The van der Waals surface area contributed by atoms with Gasteiger partial charge in [0.05, 0.1) is 15.4 Å². The normalized spacial score (nSPS) is 12.4. The lowest BCUT2D eigenvalue weighted by molar-refractivity contribution is 0.533. The van der Waals surface area contributed by atoms with Gasteiger partial charge in [-0.3, -0.25) is 0 Å². The molecule has 8 heteroatoms. The van der Waals surface area contributed by atoms with Gasteiger partial charge in [0.25, 0.3) is 0 Å². The van der Waals surface area contributed by atoms with Gasteiger partial charge in [-0.1, -0.05) is 13.8 Å². The summed E-state index contributed by atoms with van der Waals surface area (Å²) in [5.41, 5.74) is -0.0127. The van der Waals surface area contributed by atoms with E-state index in [0.717, 1.165) is 18.2 Å². The van der Waals surface area contributed by atoms with Gasteiger partial charge >= 0.3 is 10.2 Å². The molecule has 0 fully saturated rings. The summed E-state index contributed by atoms with van der Waals surface area (Å²) < 4.78 is 63.2. The summed E-state index contributed by atoms with van der Waals surface area (Å²) in [4.78, 5) is -1.09. The van der Waals surface area contributed by atoms with Gasteiger partial charge in [0, 0.05) is 11.5 Å². The van der Waals surface area contributed by atoms with E-state index in [1.54, 1.807) is 13.8 Å². The first-order valence-corrected chi connectivity index (χ1v) is 8.42. The lowest BCUT2D eigenvalue weighted by atomic mass is 10.3. The van der Waals surface area contributed by atoms with Crippen molar-refractivity contribution in [1.29, 1.82) is 0 Å². The largest absolute Gasteiger partial charge is 0.335 e. The van der Waals surface area contributed by atoms with Gasteiger partial charge in [-0.2, -0.15) is 12.8 Å². The molecule has 1 aromatic rings. The Balaban J connectivity index is 3.44. The summed E-state index contributed by atoms with van der Waals surface area (Å²) >= 11 is 0. The second-order valence-electron chi connectivity index (χ2n) is 3.49. The van der Waals surface area contributed by atoms with Crippen LogP contribution >= 0.6 is 0 Å². The maximum Gasteiger partial charge on any atom is 0.335 e. The molecule has 0 aliphatic heterocycles. The summed E-state index contributed by atoms with van der Waals surface area (Å²) in [5.74, 6) is -0.645. The maximum atomic E-state index is 13.1. The van der Waals surface area contributed by atoms with Crippen molar-refractivity contribution >= 4 is 25.6 Å². The average molecular weight is 297 g/mol. The molecule has 0 spiro atoms. The Labute approximate surface area is 105 Å². The highest BCUT2D eigenvalue weighted by Gasteiger charge is 2.18. The molecule has 0 aliphatic carbocycles. The molecule has 0 aliphatic rings. The Morgan fingerprint density at radius 1 is 1.17 bits per heavy atom. The fraction of sp³-hybridized carbons (Fsp3) is 0.400. The smallest absolute Gasteiger partial charge is 0.249 e. The van der Waals surface area contributed by atoms with Crippen LogP contribution in [0, 0.1) is 5.82 Å². The van der Waals surface area contributed by atoms with Crippen LogP contribution in [0.1, 0.15) is 13.8 Å². The van der Waals surface area contributed by atoms with E-state index in [4.69, 9.17) is 0 Å². The van der Waals surface area contributed by atoms with Crippen LogP contribution in [0.25, 0.3) is 0 Å². The number of hydrogen-bond acceptors (Lipinski definition) is 4. The highest BCUT2D eigenvalue weighted by atomic mass is 32.3. The van der Waals surface area contributed by atoms with E-state index < -0.39 is 30.7 Å². The van der Waals surface area contributed by atoms with E-state index in [2.05, 4.69) is 4.36 Å². The topological polar surface area (TPSA) is 63.6 Å². The molecule has 1 aromatic carbocycles. The van der Waals surface area contributed by atoms with Crippen molar-refractivity contribution in [3.8, 4) is 0 Å². The molecular formula is C10H13F2NO3S2. The Kier molecular flexibility index (Phi) is 4.44. The van der Waals surface area contributed by atoms with E-state index in [0.29, 0.717) is 0 Å². The lowest BCUT2D eigenvalue weighted by Crippen LogP contribution is -2.05. The third-order valence-electron chi connectivity index (χ3n) is 2.35. The van der Waals surface area contributed by atoms with E-state index in [1.807, 2.05) is 0 Å². The number of halogens is 2. The van der Waals surface area contributed by atoms with Gasteiger partial charge in [0.15, 0.2) is 0 Å². The van der Waals surface area contributed by atoms with Crippen LogP contribution in [-0.4, -0.2) is 24.1 Å². The quantitative estimate of drug-likeness (QED) is 0.802. The van der Waals surface area contributed by atoms with Gasteiger partial charge in [-0.15, -0.1) is 3.89 Å². The minimum Gasteiger partial charge on any atom is -0.249 e. The van der Waals surface area contributed by atoms with Crippen LogP contribution in [0.15, 0.2) is 27.5 Å². The van der Waals surface area contributed by atoms with Gasteiger partial charge in [-0.25, -0.2) is 8.60 Å². The molecule has 0 aromatic heterocycles. The standard InChI is InChI=1S/C10H13F2NO3S2/c1-3-17(14,4-2)13-8-5-6-9(11)10(7-8)18(12,15)16/h5-7H,3-4H2,1-2H3. The zero-order valence-electron chi connectivity index (χ0n) is 9.89. The molecule has 18 heavy (non-hydrogen) atoms. The van der Waals surface area contributed by atoms with Crippen molar-refractivity contribution < 1.29 is 20.9 Å². The number of nitrogens with zero attached hydrogens (tertiary/aromatic N) is 1. The summed E-state index contributed by atoms with van der Waals surface area (Å²) in [6.45, 7) is 3.34. The van der Waals surface area contributed by atoms with Crippen molar-refractivity contribution in [3.63, 3.8) is 0 Å². The molecule has 4 nitrogen and oxygen atoms in total. The monoisotopic (exact) mass is 297 g/mol. The van der Waals surface area contributed by atoms with E-state index in [-0.39, 0.29) is 17.2 Å². The van der Waals surface area contributed by atoms with E-state index in [1.165, 1.54) is 0 Å². The van der Waals surface area contributed by atoms with Crippen LogP contribution < -0.4 is 0 Å². The second-order valence-corrected chi connectivity index (χ2v) is 7.69. The van der Waals surface area contributed by atoms with Crippen molar-refractivity contribution in [2.24, 2.45) is 4.36 Å². The fourth-order valence-electron chi connectivity index (χ4n) is 1.26. The van der Waals surface area contributed by atoms with Crippen LogP contribution in [0.4, 0.5) is 14.0 Å². The number of benzene rings is 1. The van der Waals surface area contributed by atoms with Crippen molar-refractivity contribution in [2.45, 2.75) is 18.7 Å². The van der Waals surface area contributed by atoms with E-state index >= 15 is 0 Å². The Bertz CT molecular complexity index is 652.